The van der Waals surface area contributed by atoms with E-state index in [9.17, 15) is 9.59 Å². The van der Waals surface area contributed by atoms with Crippen LogP contribution in [0.5, 0.6) is 0 Å². The van der Waals surface area contributed by atoms with Crippen LogP contribution in [0.25, 0.3) is 6.08 Å². The molecule has 0 radical (unpaired) electrons. The topological polar surface area (TPSA) is 84.0 Å². The zero-order valence-electron chi connectivity index (χ0n) is 7.32. The van der Waals surface area contributed by atoms with E-state index in [0.29, 0.717) is 5.69 Å². The van der Waals surface area contributed by atoms with Gasteiger partial charge in [-0.25, -0.2) is 14.8 Å². The number of imide groups is 1. The Morgan fingerprint density at radius 2 is 2.13 bits per heavy atom. The molecule has 0 bridgehead atoms. The predicted octanol–water partition coefficient (Wildman–Crippen LogP) is 0.310. The van der Waals surface area contributed by atoms with Gasteiger partial charge in [-0.1, -0.05) is 0 Å². The van der Waals surface area contributed by atoms with Crippen molar-refractivity contribution in [1.29, 1.82) is 0 Å². The van der Waals surface area contributed by atoms with Gasteiger partial charge in [0.1, 0.15) is 5.70 Å². The van der Waals surface area contributed by atoms with Crippen LogP contribution in [0.4, 0.5) is 4.79 Å². The zero-order chi connectivity index (χ0) is 10.8. The highest BCUT2D eigenvalue weighted by Crippen LogP contribution is 2.07. The summed E-state index contributed by atoms with van der Waals surface area (Å²) in [6.07, 6.45) is 2.87. The van der Waals surface area contributed by atoms with Crippen molar-refractivity contribution in [3.05, 3.63) is 28.9 Å². The Balaban J connectivity index is 2.31. The summed E-state index contributed by atoms with van der Waals surface area (Å²) in [6, 6.07) is 1.02. The number of carbonyl (C=O) groups excluding carboxylic acids is 2. The third-order valence-electron chi connectivity index (χ3n) is 1.66. The van der Waals surface area contributed by atoms with Crippen LogP contribution in [-0.2, 0) is 4.79 Å². The summed E-state index contributed by atoms with van der Waals surface area (Å²) in [6.45, 7) is 0. The highest BCUT2D eigenvalue weighted by atomic mass is 35.5. The van der Waals surface area contributed by atoms with Crippen molar-refractivity contribution in [2.24, 2.45) is 0 Å². The Labute approximate surface area is 89.4 Å². The first-order chi connectivity index (χ1) is 7.15. The standard InChI is InChI=1S/C8H5ClN4O2/c9-7-10-2-1-4(11-7)3-5-6(14)13-8(15)12-5/h1-3H,(H2,12,13,14,15)/b5-3-. The SMILES string of the molecule is O=C1NC(=O)/C(=C/c2ccnc(Cl)n2)N1. The average molecular weight is 225 g/mol. The number of amides is 3. The number of urea groups is 1. The summed E-state index contributed by atoms with van der Waals surface area (Å²) < 4.78 is 0. The van der Waals surface area contributed by atoms with Gasteiger partial charge in [0.05, 0.1) is 5.69 Å². The van der Waals surface area contributed by atoms with E-state index in [-0.39, 0.29) is 11.0 Å². The van der Waals surface area contributed by atoms with E-state index in [1.807, 2.05) is 0 Å². The van der Waals surface area contributed by atoms with E-state index < -0.39 is 11.9 Å². The molecule has 2 heterocycles. The Morgan fingerprint density at radius 3 is 2.73 bits per heavy atom. The fourth-order valence-corrected chi connectivity index (χ4v) is 1.21. The number of aromatic nitrogens is 2. The molecule has 0 aliphatic carbocycles. The van der Waals surface area contributed by atoms with Gasteiger partial charge in [0, 0.05) is 6.20 Å². The molecule has 1 aromatic heterocycles. The van der Waals surface area contributed by atoms with E-state index >= 15 is 0 Å². The van der Waals surface area contributed by atoms with Gasteiger partial charge < -0.3 is 5.32 Å². The smallest absolute Gasteiger partial charge is 0.303 e. The van der Waals surface area contributed by atoms with E-state index in [2.05, 4.69) is 20.6 Å². The number of carbonyl (C=O) groups is 2. The number of nitrogens with one attached hydrogen (secondary N) is 2. The fourth-order valence-electron chi connectivity index (χ4n) is 1.06. The molecule has 0 saturated carbocycles. The Bertz CT molecular complexity index is 471. The number of rotatable bonds is 1. The zero-order valence-corrected chi connectivity index (χ0v) is 8.08. The molecule has 7 heteroatoms. The second-order valence-electron chi connectivity index (χ2n) is 2.72. The van der Waals surface area contributed by atoms with Crippen molar-refractivity contribution in [2.75, 3.05) is 0 Å². The van der Waals surface area contributed by atoms with Crippen LogP contribution < -0.4 is 10.6 Å². The molecule has 1 fully saturated rings. The Kier molecular flexibility index (Phi) is 2.34. The minimum atomic E-state index is -0.550. The number of hydrogen-bond acceptors (Lipinski definition) is 4. The summed E-state index contributed by atoms with van der Waals surface area (Å²) >= 11 is 5.56. The minimum Gasteiger partial charge on any atom is -0.303 e. The van der Waals surface area contributed by atoms with Crippen LogP contribution in [0.1, 0.15) is 5.69 Å². The largest absolute Gasteiger partial charge is 0.326 e. The van der Waals surface area contributed by atoms with Gasteiger partial charge in [0.2, 0.25) is 5.28 Å². The fraction of sp³-hybridized carbons (Fsp3) is 0. The first-order valence-electron chi connectivity index (χ1n) is 3.98. The molecule has 1 aliphatic heterocycles. The van der Waals surface area contributed by atoms with E-state index in [4.69, 9.17) is 11.6 Å². The maximum atomic E-state index is 11.1. The third-order valence-corrected chi connectivity index (χ3v) is 1.84. The van der Waals surface area contributed by atoms with Crippen molar-refractivity contribution in [3.63, 3.8) is 0 Å². The van der Waals surface area contributed by atoms with Gasteiger partial charge >= 0.3 is 6.03 Å². The Morgan fingerprint density at radius 1 is 1.33 bits per heavy atom. The molecule has 0 unspecified atom stereocenters. The molecule has 0 spiro atoms. The monoisotopic (exact) mass is 224 g/mol. The van der Waals surface area contributed by atoms with Gasteiger partial charge in [-0.2, -0.15) is 0 Å². The molecule has 1 aliphatic rings. The molecule has 3 amide bonds. The third kappa shape index (κ3) is 2.10. The van der Waals surface area contributed by atoms with E-state index in [0.717, 1.165) is 0 Å². The predicted molar refractivity (Wildman–Crippen MR) is 51.7 cm³/mol. The lowest BCUT2D eigenvalue weighted by molar-refractivity contribution is -0.115. The molecule has 0 aromatic carbocycles. The maximum Gasteiger partial charge on any atom is 0.326 e. The van der Waals surface area contributed by atoms with Crippen LogP contribution in [0.2, 0.25) is 5.28 Å². The van der Waals surface area contributed by atoms with Crippen molar-refractivity contribution >= 4 is 29.6 Å². The molecular weight excluding hydrogens is 220 g/mol. The van der Waals surface area contributed by atoms with Crippen molar-refractivity contribution in [3.8, 4) is 0 Å². The van der Waals surface area contributed by atoms with Gasteiger partial charge in [-0.15, -0.1) is 0 Å². The van der Waals surface area contributed by atoms with Gasteiger partial charge in [0.25, 0.3) is 5.91 Å². The van der Waals surface area contributed by atoms with Crippen LogP contribution in [-0.4, -0.2) is 21.9 Å². The lowest BCUT2D eigenvalue weighted by Crippen LogP contribution is -2.22. The Hall–Kier alpha value is -1.95. The minimum absolute atomic E-state index is 0.0779. The first kappa shape index (κ1) is 9.60. The molecule has 2 N–H and O–H groups in total. The van der Waals surface area contributed by atoms with E-state index in [1.165, 1.54) is 12.3 Å². The van der Waals surface area contributed by atoms with E-state index in [1.54, 1.807) is 6.07 Å². The molecular formula is C8H5ClN4O2. The van der Waals surface area contributed by atoms with Gasteiger partial charge in [-0.05, 0) is 23.7 Å². The molecule has 6 nitrogen and oxygen atoms in total. The molecule has 0 atom stereocenters. The average Bonchev–Trinajstić information content (AvgIpc) is 2.45. The summed E-state index contributed by atoms with van der Waals surface area (Å²) in [5.74, 6) is -0.491. The van der Waals surface area contributed by atoms with Crippen molar-refractivity contribution in [2.45, 2.75) is 0 Å². The quantitative estimate of drug-likeness (QED) is 0.409. The van der Waals surface area contributed by atoms with Crippen LogP contribution in [0.15, 0.2) is 18.0 Å². The van der Waals surface area contributed by atoms with Crippen molar-refractivity contribution < 1.29 is 9.59 Å². The highest BCUT2D eigenvalue weighted by Gasteiger charge is 2.22. The second-order valence-corrected chi connectivity index (χ2v) is 3.05. The maximum absolute atomic E-state index is 11.1. The highest BCUT2D eigenvalue weighted by molar-refractivity contribution is 6.28. The number of hydrogen-bond donors (Lipinski definition) is 2. The second kappa shape index (κ2) is 3.66. The molecule has 76 valence electrons. The van der Waals surface area contributed by atoms with Crippen molar-refractivity contribution in [1.82, 2.24) is 20.6 Å². The normalized spacial score (nSPS) is 17.8. The van der Waals surface area contributed by atoms with Gasteiger partial charge in [-0.3, -0.25) is 10.1 Å². The van der Waals surface area contributed by atoms with Crippen LogP contribution >= 0.6 is 11.6 Å². The molecule has 2 rings (SSSR count). The summed E-state index contributed by atoms with van der Waals surface area (Å²) in [5, 5.41) is 4.48. The lowest BCUT2D eigenvalue weighted by atomic mass is 10.3. The molecule has 1 aromatic rings. The molecule has 1 saturated heterocycles. The summed E-state index contributed by atoms with van der Waals surface area (Å²) in [7, 11) is 0. The van der Waals surface area contributed by atoms with Crippen LogP contribution in [0.3, 0.4) is 0 Å². The summed E-state index contributed by atoms with van der Waals surface area (Å²) in [4.78, 5) is 29.4. The summed E-state index contributed by atoms with van der Waals surface area (Å²) in [5.41, 5.74) is 0.581. The first-order valence-corrected chi connectivity index (χ1v) is 4.35. The van der Waals surface area contributed by atoms with Crippen LogP contribution in [0, 0.1) is 0 Å². The number of nitrogens with zero attached hydrogens (tertiary/aromatic N) is 2. The van der Waals surface area contributed by atoms with Gasteiger partial charge in [0.15, 0.2) is 0 Å². The number of halogens is 1. The molecule has 15 heavy (non-hydrogen) atoms. The lowest BCUT2D eigenvalue weighted by Gasteiger charge is -1.94.